The second-order valence-electron chi connectivity index (χ2n) is 4.95. The van der Waals surface area contributed by atoms with Gasteiger partial charge >= 0.3 is 0 Å². The van der Waals surface area contributed by atoms with E-state index in [0.717, 1.165) is 27.0 Å². The average Bonchev–Trinajstić information content (AvgIpc) is 2.88. The molecule has 2 aromatic rings. The zero-order chi connectivity index (χ0) is 14.1. The van der Waals surface area contributed by atoms with Crippen LogP contribution in [0.15, 0.2) is 46.9 Å². The number of hydrogen-bond donors (Lipinski definition) is 2. The highest BCUT2D eigenvalue weighted by molar-refractivity contribution is 9.10. The summed E-state index contributed by atoms with van der Waals surface area (Å²) in [5.41, 5.74) is 4.04. The number of hydrogen-bond acceptors (Lipinski definition) is 2. The first-order valence-electron chi connectivity index (χ1n) is 6.55. The van der Waals surface area contributed by atoms with Crippen molar-refractivity contribution >= 4 is 33.2 Å². The van der Waals surface area contributed by atoms with E-state index in [-0.39, 0.29) is 11.8 Å². The van der Waals surface area contributed by atoms with Gasteiger partial charge in [-0.1, -0.05) is 30.3 Å². The molecule has 0 aliphatic carbocycles. The molecular formula is C16H15BrN2O. The minimum Gasteiger partial charge on any atom is -0.384 e. The molecule has 1 heterocycles. The Bertz CT molecular complexity index is 669. The third kappa shape index (κ3) is 2.31. The number of aryl methyl sites for hydroxylation is 1. The van der Waals surface area contributed by atoms with Gasteiger partial charge in [-0.25, -0.2) is 0 Å². The van der Waals surface area contributed by atoms with Crippen molar-refractivity contribution in [2.24, 2.45) is 0 Å². The molecule has 0 aromatic heterocycles. The lowest BCUT2D eigenvalue weighted by Gasteiger charge is -2.13. The van der Waals surface area contributed by atoms with Crippen molar-refractivity contribution in [2.75, 3.05) is 17.2 Å². The van der Waals surface area contributed by atoms with Crippen molar-refractivity contribution in [3.8, 4) is 0 Å². The number of halogens is 1. The fourth-order valence-corrected chi connectivity index (χ4v) is 2.85. The number of rotatable bonds is 2. The minimum atomic E-state index is -0.140. The lowest BCUT2D eigenvalue weighted by Crippen LogP contribution is -2.22. The van der Waals surface area contributed by atoms with E-state index >= 15 is 0 Å². The van der Waals surface area contributed by atoms with Gasteiger partial charge < -0.3 is 10.6 Å². The topological polar surface area (TPSA) is 41.1 Å². The number of carbonyl (C=O) groups excluding carboxylic acids is 1. The quantitative estimate of drug-likeness (QED) is 0.876. The maximum absolute atomic E-state index is 12.5. The molecule has 2 N–H and O–H groups in total. The van der Waals surface area contributed by atoms with E-state index in [1.807, 2.05) is 49.4 Å². The highest BCUT2D eigenvalue weighted by atomic mass is 79.9. The number of nitrogens with one attached hydrogen (secondary N) is 2. The van der Waals surface area contributed by atoms with Crippen LogP contribution in [-0.4, -0.2) is 12.5 Å². The van der Waals surface area contributed by atoms with Gasteiger partial charge in [0.2, 0.25) is 5.91 Å². The lowest BCUT2D eigenvalue weighted by atomic mass is 10.0. The zero-order valence-electron chi connectivity index (χ0n) is 11.1. The molecule has 0 spiro atoms. The Kier molecular flexibility index (Phi) is 3.49. The molecule has 3 nitrogen and oxygen atoms in total. The standard InChI is InChI=1S/C16H15BrN2O/c1-10-5-4-8-14(15(10)17)19-16(20)12-9-18-13-7-3-2-6-11(12)13/h2-8,12,18H,9H2,1H3,(H,19,20). The molecule has 1 atom stereocenters. The highest BCUT2D eigenvalue weighted by Crippen LogP contribution is 2.33. The molecule has 102 valence electrons. The zero-order valence-corrected chi connectivity index (χ0v) is 12.7. The number of benzene rings is 2. The van der Waals surface area contributed by atoms with Gasteiger partial charge in [-0.15, -0.1) is 0 Å². The van der Waals surface area contributed by atoms with E-state index < -0.39 is 0 Å². The Labute approximate surface area is 126 Å². The summed E-state index contributed by atoms with van der Waals surface area (Å²) in [4.78, 5) is 12.5. The molecule has 0 fully saturated rings. The Morgan fingerprint density at radius 2 is 2.05 bits per heavy atom. The van der Waals surface area contributed by atoms with Crippen LogP contribution in [0.5, 0.6) is 0 Å². The van der Waals surface area contributed by atoms with Gasteiger partial charge in [-0.3, -0.25) is 4.79 Å². The predicted octanol–water partition coefficient (Wildman–Crippen LogP) is 3.91. The summed E-state index contributed by atoms with van der Waals surface area (Å²) in [6, 6.07) is 13.8. The molecule has 1 amide bonds. The summed E-state index contributed by atoms with van der Waals surface area (Å²) < 4.78 is 0.938. The van der Waals surface area contributed by atoms with Crippen molar-refractivity contribution in [3.63, 3.8) is 0 Å². The first kappa shape index (κ1) is 13.2. The first-order chi connectivity index (χ1) is 9.66. The van der Waals surface area contributed by atoms with Gasteiger partial charge in [0.25, 0.3) is 0 Å². The van der Waals surface area contributed by atoms with Crippen molar-refractivity contribution in [3.05, 3.63) is 58.1 Å². The van der Waals surface area contributed by atoms with Crippen molar-refractivity contribution < 1.29 is 4.79 Å². The normalized spacial score (nSPS) is 16.4. The van der Waals surface area contributed by atoms with Crippen LogP contribution in [0.4, 0.5) is 11.4 Å². The third-order valence-electron chi connectivity index (χ3n) is 3.60. The van der Waals surface area contributed by atoms with E-state index in [9.17, 15) is 4.79 Å². The van der Waals surface area contributed by atoms with E-state index in [2.05, 4.69) is 26.6 Å². The molecule has 0 bridgehead atoms. The van der Waals surface area contributed by atoms with E-state index in [1.165, 1.54) is 0 Å². The Hall–Kier alpha value is -1.81. The molecule has 0 radical (unpaired) electrons. The third-order valence-corrected chi connectivity index (χ3v) is 4.65. The molecule has 1 aliphatic rings. The Morgan fingerprint density at radius 3 is 2.90 bits per heavy atom. The molecular weight excluding hydrogens is 316 g/mol. The van der Waals surface area contributed by atoms with Gasteiger partial charge in [0.05, 0.1) is 11.6 Å². The fraction of sp³-hybridized carbons (Fsp3) is 0.188. The first-order valence-corrected chi connectivity index (χ1v) is 7.35. The van der Waals surface area contributed by atoms with Crippen LogP contribution in [0.3, 0.4) is 0 Å². The molecule has 2 aromatic carbocycles. The molecule has 1 unspecified atom stereocenters. The summed E-state index contributed by atoms with van der Waals surface area (Å²) in [5.74, 6) is -0.118. The van der Waals surface area contributed by atoms with Gasteiger partial charge in [-0.05, 0) is 46.1 Å². The predicted molar refractivity (Wildman–Crippen MR) is 85.2 cm³/mol. The highest BCUT2D eigenvalue weighted by Gasteiger charge is 2.28. The largest absolute Gasteiger partial charge is 0.384 e. The van der Waals surface area contributed by atoms with Crippen LogP contribution in [0.1, 0.15) is 17.0 Å². The second kappa shape index (κ2) is 5.29. The summed E-state index contributed by atoms with van der Waals surface area (Å²) in [7, 11) is 0. The number of para-hydroxylation sites is 1. The maximum Gasteiger partial charge on any atom is 0.233 e. The fourth-order valence-electron chi connectivity index (χ4n) is 2.48. The van der Waals surface area contributed by atoms with Crippen molar-refractivity contribution in [1.29, 1.82) is 0 Å². The summed E-state index contributed by atoms with van der Waals surface area (Å²) >= 11 is 3.52. The molecule has 20 heavy (non-hydrogen) atoms. The number of anilines is 2. The summed E-state index contributed by atoms with van der Waals surface area (Å²) in [6.07, 6.45) is 0. The van der Waals surface area contributed by atoms with Crippen LogP contribution in [0.25, 0.3) is 0 Å². The monoisotopic (exact) mass is 330 g/mol. The Balaban J connectivity index is 1.83. The summed E-state index contributed by atoms with van der Waals surface area (Å²) in [6.45, 7) is 2.65. The van der Waals surface area contributed by atoms with Crippen LogP contribution >= 0.6 is 15.9 Å². The van der Waals surface area contributed by atoms with E-state index in [1.54, 1.807) is 0 Å². The van der Waals surface area contributed by atoms with Gasteiger partial charge in [-0.2, -0.15) is 0 Å². The molecule has 0 saturated heterocycles. The maximum atomic E-state index is 12.5. The van der Waals surface area contributed by atoms with E-state index in [0.29, 0.717) is 6.54 Å². The van der Waals surface area contributed by atoms with Crippen molar-refractivity contribution in [1.82, 2.24) is 0 Å². The molecule has 3 rings (SSSR count). The molecule has 4 heteroatoms. The number of amides is 1. The SMILES string of the molecule is Cc1cccc(NC(=O)C2CNc3ccccc32)c1Br. The van der Waals surface area contributed by atoms with Crippen LogP contribution in [-0.2, 0) is 4.79 Å². The second-order valence-corrected chi connectivity index (χ2v) is 5.74. The Morgan fingerprint density at radius 1 is 1.25 bits per heavy atom. The average molecular weight is 331 g/mol. The van der Waals surface area contributed by atoms with Gasteiger partial charge in [0.15, 0.2) is 0 Å². The minimum absolute atomic E-state index is 0.0220. The molecule has 1 aliphatic heterocycles. The summed E-state index contributed by atoms with van der Waals surface area (Å²) in [5, 5.41) is 6.28. The number of carbonyl (C=O) groups is 1. The van der Waals surface area contributed by atoms with Crippen LogP contribution in [0.2, 0.25) is 0 Å². The van der Waals surface area contributed by atoms with Gasteiger partial charge in [0, 0.05) is 16.7 Å². The van der Waals surface area contributed by atoms with Crippen molar-refractivity contribution in [2.45, 2.75) is 12.8 Å². The number of fused-ring (bicyclic) bond motifs is 1. The van der Waals surface area contributed by atoms with E-state index in [4.69, 9.17) is 0 Å². The lowest BCUT2D eigenvalue weighted by molar-refractivity contribution is -0.117. The van der Waals surface area contributed by atoms with Crippen LogP contribution in [0, 0.1) is 6.92 Å². The van der Waals surface area contributed by atoms with Gasteiger partial charge in [0.1, 0.15) is 0 Å². The van der Waals surface area contributed by atoms with Crippen LogP contribution < -0.4 is 10.6 Å². The molecule has 0 saturated carbocycles. The smallest absolute Gasteiger partial charge is 0.233 e.